The zero-order chi connectivity index (χ0) is 10.6. The van der Waals surface area contributed by atoms with E-state index in [0.29, 0.717) is 18.2 Å². The molecule has 0 saturated carbocycles. The van der Waals surface area contributed by atoms with Gasteiger partial charge < -0.3 is 10.6 Å². The van der Waals surface area contributed by atoms with E-state index < -0.39 is 0 Å². The van der Waals surface area contributed by atoms with Crippen LogP contribution >= 0.6 is 0 Å². The standard InChI is InChI=1S/C11H22N2O/c1-9(3-6-12)11(14)10-4-7-13(2)8-5-10/h9-10H,3-8,12H2,1-2H3. The first-order valence-corrected chi connectivity index (χ1v) is 5.57. The van der Waals surface area contributed by atoms with Gasteiger partial charge in [-0.2, -0.15) is 0 Å². The number of piperidine rings is 1. The van der Waals surface area contributed by atoms with Crippen LogP contribution in [0, 0.1) is 11.8 Å². The van der Waals surface area contributed by atoms with Crippen molar-refractivity contribution in [2.45, 2.75) is 26.2 Å². The molecule has 1 aliphatic rings. The van der Waals surface area contributed by atoms with Crippen molar-refractivity contribution in [2.24, 2.45) is 17.6 Å². The van der Waals surface area contributed by atoms with E-state index in [9.17, 15) is 4.79 Å². The van der Waals surface area contributed by atoms with Crippen molar-refractivity contribution in [3.63, 3.8) is 0 Å². The third kappa shape index (κ3) is 3.07. The van der Waals surface area contributed by atoms with Gasteiger partial charge in [-0.1, -0.05) is 6.92 Å². The number of hydrogen-bond donors (Lipinski definition) is 1. The molecule has 0 aromatic carbocycles. The molecule has 1 atom stereocenters. The van der Waals surface area contributed by atoms with Crippen molar-refractivity contribution >= 4 is 5.78 Å². The van der Waals surface area contributed by atoms with Crippen molar-refractivity contribution < 1.29 is 4.79 Å². The lowest BCUT2D eigenvalue weighted by atomic mass is 9.85. The maximum absolute atomic E-state index is 11.9. The zero-order valence-electron chi connectivity index (χ0n) is 9.33. The quantitative estimate of drug-likeness (QED) is 0.729. The van der Waals surface area contributed by atoms with Gasteiger partial charge in [0.05, 0.1) is 0 Å². The molecule has 3 heteroatoms. The first-order chi connectivity index (χ1) is 6.65. The molecule has 2 N–H and O–H groups in total. The minimum absolute atomic E-state index is 0.161. The normalized spacial score (nSPS) is 22.2. The first kappa shape index (κ1) is 11.7. The third-order valence-corrected chi connectivity index (χ3v) is 3.21. The number of nitrogens with two attached hydrogens (primary N) is 1. The number of Topliss-reactive ketones (excluding diaryl/α,β-unsaturated/α-hetero) is 1. The summed E-state index contributed by atoms with van der Waals surface area (Å²) in [5.74, 6) is 0.893. The highest BCUT2D eigenvalue weighted by Gasteiger charge is 2.26. The van der Waals surface area contributed by atoms with Gasteiger partial charge in [0.1, 0.15) is 5.78 Å². The van der Waals surface area contributed by atoms with Crippen LogP contribution in [0.15, 0.2) is 0 Å². The van der Waals surface area contributed by atoms with Gasteiger partial charge in [0, 0.05) is 11.8 Å². The summed E-state index contributed by atoms with van der Waals surface area (Å²) in [6, 6.07) is 0. The van der Waals surface area contributed by atoms with Crippen molar-refractivity contribution in [2.75, 3.05) is 26.7 Å². The van der Waals surface area contributed by atoms with Crippen LogP contribution in [-0.2, 0) is 4.79 Å². The smallest absolute Gasteiger partial charge is 0.138 e. The van der Waals surface area contributed by atoms with E-state index in [1.807, 2.05) is 6.92 Å². The molecule has 0 spiro atoms. The molecule has 14 heavy (non-hydrogen) atoms. The largest absolute Gasteiger partial charge is 0.330 e. The van der Waals surface area contributed by atoms with Crippen molar-refractivity contribution in [1.82, 2.24) is 4.90 Å². The Balaban J connectivity index is 2.37. The predicted molar refractivity (Wildman–Crippen MR) is 58.1 cm³/mol. The van der Waals surface area contributed by atoms with Crippen LogP contribution in [0.1, 0.15) is 26.2 Å². The maximum atomic E-state index is 11.9. The molecule has 1 heterocycles. The van der Waals surface area contributed by atoms with E-state index in [2.05, 4.69) is 11.9 Å². The van der Waals surface area contributed by atoms with Crippen LogP contribution in [0.3, 0.4) is 0 Å². The summed E-state index contributed by atoms with van der Waals surface area (Å²) in [5.41, 5.74) is 5.46. The Hall–Kier alpha value is -0.410. The molecule has 1 saturated heterocycles. The topological polar surface area (TPSA) is 46.3 Å². The lowest BCUT2D eigenvalue weighted by Gasteiger charge is -2.29. The summed E-state index contributed by atoms with van der Waals surface area (Å²) in [7, 11) is 2.12. The Bertz CT molecular complexity index is 186. The number of ketones is 1. The maximum Gasteiger partial charge on any atom is 0.138 e. The van der Waals surface area contributed by atoms with E-state index in [4.69, 9.17) is 5.73 Å². The van der Waals surface area contributed by atoms with E-state index in [-0.39, 0.29) is 5.92 Å². The van der Waals surface area contributed by atoms with Gasteiger partial charge in [-0.25, -0.2) is 0 Å². The van der Waals surface area contributed by atoms with Crippen LogP contribution < -0.4 is 5.73 Å². The Labute approximate surface area is 86.6 Å². The molecule has 0 bridgehead atoms. The van der Waals surface area contributed by atoms with Gasteiger partial charge in [-0.05, 0) is 45.9 Å². The fourth-order valence-corrected chi connectivity index (χ4v) is 2.09. The summed E-state index contributed by atoms with van der Waals surface area (Å²) in [6.07, 6.45) is 2.90. The number of nitrogens with zero attached hydrogens (tertiary/aromatic N) is 1. The van der Waals surface area contributed by atoms with Crippen LogP contribution in [-0.4, -0.2) is 37.4 Å². The zero-order valence-corrected chi connectivity index (χ0v) is 9.33. The molecule has 0 aromatic heterocycles. The van der Waals surface area contributed by atoms with E-state index in [1.54, 1.807) is 0 Å². The fraction of sp³-hybridized carbons (Fsp3) is 0.909. The molecule has 1 fully saturated rings. The van der Waals surface area contributed by atoms with Crippen molar-refractivity contribution in [3.05, 3.63) is 0 Å². The lowest BCUT2D eigenvalue weighted by molar-refractivity contribution is -0.127. The van der Waals surface area contributed by atoms with Gasteiger partial charge in [-0.3, -0.25) is 4.79 Å². The van der Waals surface area contributed by atoms with Crippen LogP contribution in [0.5, 0.6) is 0 Å². The average Bonchev–Trinajstić information content (AvgIpc) is 2.18. The second-order valence-corrected chi connectivity index (χ2v) is 4.46. The summed E-state index contributed by atoms with van der Waals surface area (Å²) >= 11 is 0. The van der Waals surface area contributed by atoms with E-state index in [0.717, 1.165) is 32.4 Å². The van der Waals surface area contributed by atoms with Gasteiger partial charge in [0.25, 0.3) is 0 Å². The number of rotatable bonds is 4. The van der Waals surface area contributed by atoms with Crippen LogP contribution in [0.25, 0.3) is 0 Å². The number of hydrogen-bond acceptors (Lipinski definition) is 3. The third-order valence-electron chi connectivity index (χ3n) is 3.21. The molecular weight excluding hydrogens is 176 g/mol. The van der Waals surface area contributed by atoms with Crippen molar-refractivity contribution in [1.29, 1.82) is 0 Å². The van der Waals surface area contributed by atoms with Gasteiger partial charge in [0.2, 0.25) is 0 Å². The van der Waals surface area contributed by atoms with Crippen LogP contribution in [0.4, 0.5) is 0 Å². The Morgan fingerprint density at radius 1 is 1.50 bits per heavy atom. The molecule has 0 aromatic rings. The summed E-state index contributed by atoms with van der Waals surface area (Å²) in [4.78, 5) is 14.2. The van der Waals surface area contributed by atoms with Crippen LogP contribution in [0.2, 0.25) is 0 Å². The highest BCUT2D eigenvalue weighted by molar-refractivity contribution is 5.83. The SMILES string of the molecule is CC(CCN)C(=O)C1CCN(C)CC1. The lowest BCUT2D eigenvalue weighted by Crippen LogP contribution is -2.35. The van der Waals surface area contributed by atoms with E-state index in [1.165, 1.54) is 0 Å². The molecule has 0 aliphatic carbocycles. The molecular formula is C11H22N2O. The molecule has 82 valence electrons. The number of likely N-dealkylation sites (tertiary alicyclic amines) is 1. The van der Waals surface area contributed by atoms with E-state index >= 15 is 0 Å². The summed E-state index contributed by atoms with van der Waals surface area (Å²) in [5, 5.41) is 0. The molecule has 3 nitrogen and oxygen atoms in total. The fourth-order valence-electron chi connectivity index (χ4n) is 2.09. The van der Waals surface area contributed by atoms with Gasteiger partial charge in [-0.15, -0.1) is 0 Å². The molecule has 1 aliphatic heterocycles. The Morgan fingerprint density at radius 3 is 2.57 bits per heavy atom. The Morgan fingerprint density at radius 2 is 2.07 bits per heavy atom. The van der Waals surface area contributed by atoms with Gasteiger partial charge in [0.15, 0.2) is 0 Å². The molecule has 0 radical (unpaired) electrons. The second-order valence-electron chi connectivity index (χ2n) is 4.46. The minimum Gasteiger partial charge on any atom is -0.330 e. The van der Waals surface area contributed by atoms with Gasteiger partial charge >= 0.3 is 0 Å². The minimum atomic E-state index is 0.161. The average molecular weight is 198 g/mol. The second kappa shape index (κ2) is 5.47. The molecule has 1 rings (SSSR count). The summed E-state index contributed by atoms with van der Waals surface area (Å²) in [6.45, 7) is 4.75. The molecule has 1 unspecified atom stereocenters. The molecule has 0 amide bonds. The highest BCUT2D eigenvalue weighted by atomic mass is 16.1. The Kier molecular flexibility index (Phi) is 4.55. The highest BCUT2D eigenvalue weighted by Crippen LogP contribution is 2.21. The number of carbonyl (C=O) groups excluding carboxylic acids is 1. The predicted octanol–water partition coefficient (Wildman–Crippen LogP) is 0.882. The summed E-state index contributed by atoms with van der Waals surface area (Å²) < 4.78 is 0. The monoisotopic (exact) mass is 198 g/mol. The first-order valence-electron chi connectivity index (χ1n) is 5.57. The number of carbonyl (C=O) groups is 1. The van der Waals surface area contributed by atoms with Crippen molar-refractivity contribution in [3.8, 4) is 0 Å².